The Labute approximate surface area is 226 Å². The predicted molar refractivity (Wildman–Crippen MR) is 129 cm³/mol. The van der Waals surface area contributed by atoms with Gasteiger partial charge in [0.1, 0.15) is 22.9 Å². The van der Waals surface area contributed by atoms with E-state index in [1.807, 2.05) is 0 Å². The molecule has 3 aromatic rings. The van der Waals surface area contributed by atoms with Crippen LogP contribution < -0.4 is 5.32 Å². The van der Waals surface area contributed by atoms with E-state index in [2.05, 4.69) is 25.5 Å². The number of rotatable bonds is 6. The standard InChI is InChI=1S/C26H17F7N6O2/c1-2-34-24(40)22(39-12-20-19(11-35-39)36-23(37-20)15-5-3-4-6-17(15)27)21-10-18(38-41-21)14-8-7-13(25(28,29)30)9-16(14)26(31,32)33/h3-12,22H,2H2,1H3,(H,34,40). The quantitative estimate of drug-likeness (QED) is 0.248. The van der Waals surface area contributed by atoms with Gasteiger partial charge in [-0.15, -0.1) is 0 Å². The number of nitrogens with one attached hydrogen (secondary N) is 1. The average Bonchev–Trinajstić information content (AvgIpc) is 3.55. The minimum absolute atomic E-state index is 0.0174. The Kier molecular flexibility index (Phi) is 6.97. The maximum absolute atomic E-state index is 14.2. The maximum Gasteiger partial charge on any atom is 0.417 e. The van der Waals surface area contributed by atoms with Crippen molar-refractivity contribution in [1.29, 1.82) is 0 Å². The molecular weight excluding hydrogens is 561 g/mol. The van der Waals surface area contributed by atoms with Crippen molar-refractivity contribution in [2.24, 2.45) is 0 Å². The average molecular weight is 578 g/mol. The van der Waals surface area contributed by atoms with Crippen LogP contribution in [0.3, 0.4) is 0 Å². The topological polar surface area (TPSA) is 98.7 Å². The maximum atomic E-state index is 14.2. The summed E-state index contributed by atoms with van der Waals surface area (Å²) in [6.45, 7) is 1.80. The van der Waals surface area contributed by atoms with Crippen LogP contribution in [0.5, 0.6) is 0 Å². The van der Waals surface area contributed by atoms with Crippen LogP contribution in [-0.4, -0.2) is 37.4 Å². The van der Waals surface area contributed by atoms with Gasteiger partial charge in [0.05, 0.1) is 29.1 Å². The number of benzene rings is 2. The lowest BCUT2D eigenvalue weighted by Crippen LogP contribution is -2.33. The van der Waals surface area contributed by atoms with Crippen molar-refractivity contribution >= 4 is 5.91 Å². The van der Waals surface area contributed by atoms with Crippen molar-refractivity contribution in [3.63, 3.8) is 0 Å². The molecule has 15 heteroatoms. The van der Waals surface area contributed by atoms with Gasteiger partial charge in [-0.05, 0) is 31.2 Å². The van der Waals surface area contributed by atoms with E-state index in [9.17, 15) is 35.5 Å². The SMILES string of the molecule is CCNC(=O)C(c1cc(-c2ccc(C(F)(F)F)cc2C(F)(F)F)no1)n1cc2nc(-c3ccccc3F)nc-2cn1. The summed E-state index contributed by atoms with van der Waals surface area (Å²) in [4.78, 5) is 21.6. The van der Waals surface area contributed by atoms with Crippen molar-refractivity contribution in [2.75, 3.05) is 6.54 Å². The van der Waals surface area contributed by atoms with E-state index in [1.165, 1.54) is 30.6 Å². The Morgan fingerprint density at radius 3 is 2.37 bits per heavy atom. The molecule has 41 heavy (non-hydrogen) atoms. The second kappa shape index (κ2) is 10.3. The molecule has 1 N–H and O–H groups in total. The van der Waals surface area contributed by atoms with Crippen molar-refractivity contribution in [3.05, 3.63) is 83.6 Å². The summed E-state index contributed by atoms with van der Waals surface area (Å²) in [6.07, 6.45) is -7.59. The number of imidazole rings is 1. The minimum atomic E-state index is -5.15. The molecule has 1 aromatic heterocycles. The molecule has 5 rings (SSSR count). The molecule has 1 amide bonds. The van der Waals surface area contributed by atoms with Crippen LogP contribution in [0.2, 0.25) is 0 Å². The number of hydrogen-bond acceptors (Lipinski definition) is 6. The summed E-state index contributed by atoms with van der Waals surface area (Å²) < 4.78 is 101. The highest BCUT2D eigenvalue weighted by molar-refractivity contribution is 5.83. The number of likely N-dealkylation sites (N-methyl/N-ethyl adjacent to an activating group) is 1. The van der Waals surface area contributed by atoms with Crippen molar-refractivity contribution in [3.8, 4) is 34.0 Å². The lowest BCUT2D eigenvalue weighted by molar-refractivity contribution is -0.142. The smallest absolute Gasteiger partial charge is 0.358 e. The van der Waals surface area contributed by atoms with Crippen molar-refractivity contribution < 1.29 is 40.1 Å². The van der Waals surface area contributed by atoms with E-state index in [1.54, 1.807) is 13.0 Å². The van der Waals surface area contributed by atoms with Crippen LogP contribution in [0.1, 0.15) is 29.9 Å². The van der Waals surface area contributed by atoms with Crippen LogP contribution in [0, 0.1) is 5.82 Å². The number of alkyl halides is 6. The number of aromatic nitrogens is 5. The lowest BCUT2D eigenvalue weighted by Gasteiger charge is -2.16. The lowest BCUT2D eigenvalue weighted by atomic mass is 10.00. The third-order valence-corrected chi connectivity index (χ3v) is 5.99. The number of carbonyl (C=O) groups is 1. The largest absolute Gasteiger partial charge is 0.417 e. The Morgan fingerprint density at radius 1 is 0.951 bits per heavy atom. The fourth-order valence-electron chi connectivity index (χ4n) is 4.12. The number of halogens is 7. The Balaban J connectivity index is 1.57. The molecule has 0 fully saturated rings. The van der Waals surface area contributed by atoms with E-state index in [0.717, 1.165) is 10.7 Å². The van der Waals surface area contributed by atoms with Gasteiger partial charge in [0, 0.05) is 18.2 Å². The molecule has 2 aromatic carbocycles. The van der Waals surface area contributed by atoms with Gasteiger partial charge in [0.15, 0.2) is 17.6 Å². The van der Waals surface area contributed by atoms with Gasteiger partial charge < -0.3 is 9.84 Å². The molecule has 2 aliphatic heterocycles. The monoisotopic (exact) mass is 578 g/mol. The highest BCUT2D eigenvalue weighted by Crippen LogP contribution is 2.41. The van der Waals surface area contributed by atoms with Crippen LogP contribution in [0.15, 0.2) is 65.4 Å². The predicted octanol–water partition coefficient (Wildman–Crippen LogP) is 6.00. The molecule has 0 spiro atoms. The molecular formula is C26H17F7N6O2. The Morgan fingerprint density at radius 2 is 1.68 bits per heavy atom. The first-order valence-corrected chi connectivity index (χ1v) is 11.9. The van der Waals surface area contributed by atoms with Crippen LogP contribution >= 0.6 is 0 Å². The first-order valence-electron chi connectivity index (χ1n) is 11.9. The Hall–Kier alpha value is -4.82. The zero-order chi connectivity index (χ0) is 29.5. The molecule has 212 valence electrons. The second-order valence-corrected chi connectivity index (χ2v) is 8.72. The summed E-state index contributed by atoms with van der Waals surface area (Å²) in [5, 5.41) is 10.3. The Bertz CT molecular complexity index is 1690. The molecule has 1 atom stereocenters. The van der Waals surface area contributed by atoms with Gasteiger partial charge in [0.25, 0.3) is 5.91 Å². The zero-order valence-corrected chi connectivity index (χ0v) is 20.8. The molecule has 2 aliphatic rings. The summed E-state index contributed by atoms with van der Waals surface area (Å²) in [5.74, 6) is -1.43. The van der Waals surface area contributed by atoms with Gasteiger partial charge in [0.2, 0.25) is 0 Å². The third-order valence-electron chi connectivity index (χ3n) is 5.99. The van der Waals surface area contributed by atoms with E-state index in [0.29, 0.717) is 12.1 Å². The molecule has 0 saturated carbocycles. The fraction of sp³-hybridized carbons (Fsp3) is 0.192. The molecule has 0 bridgehead atoms. The van der Waals surface area contributed by atoms with E-state index >= 15 is 0 Å². The highest BCUT2D eigenvalue weighted by Gasteiger charge is 2.39. The summed E-state index contributed by atoms with van der Waals surface area (Å²) in [7, 11) is 0. The highest BCUT2D eigenvalue weighted by atomic mass is 19.4. The molecule has 0 aliphatic carbocycles. The van der Waals surface area contributed by atoms with Crippen LogP contribution in [-0.2, 0) is 17.1 Å². The number of carbonyl (C=O) groups excluding carboxylic acids is 1. The number of hydrogen-bond donors (Lipinski definition) is 1. The first-order chi connectivity index (χ1) is 19.4. The summed E-state index contributed by atoms with van der Waals surface area (Å²) in [6, 6.07) is 6.54. The van der Waals surface area contributed by atoms with E-state index < -0.39 is 52.5 Å². The van der Waals surface area contributed by atoms with Gasteiger partial charge in [-0.3, -0.25) is 9.48 Å². The number of amides is 1. The first kappa shape index (κ1) is 27.7. The number of fused-ring (bicyclic) bond motifs is 1. The summed E-state index contributed by atoms with van der Waals surface area (Å²) in [5.41, 5.74) is -3.58. The van der Waals surface area contributed by atoms with Crippen LogP contribution in [0.25, 0.3) is 34.0 Å². The zero-order valence-electron chi connectivity index (χ0n) is 20.8. The second-order valence-electron chi connectivity index (χ2n) is 8.72. The van der Waals surface area contributed by atoms with Gasteiger partial charge >= 0.3 is 12.4 Å². The molecule has 8 nitrogen and oxygen atoms in total. The molecule has 3 heterocycles. The van der Waals surface area contributed by atoms with E-state index in [4.69, 9.17) is 4.52 Å². The molecule has 0 saturated heterocycles. The minimum Gasteiger partial charge on any atom is -0.358 e. The van der Waals surface area contributed by atoms with Gasteiger partial charge in [-0.2, -0.15) is 31.4 Å². The van der Waals surface area contributed by atoms with Crippen molar-refractivity contribution in [2.45, 2.75) is 25.3 Å². The molecule has 1 unspecified atom stereocenters. The number of nitrogens with zero attached hydrogens (tertiary/aromatic N) is 5. The normalized spacial score (nSPS) is 13.0. The van der Waals surface area contributed by atoms with Crippen molar-refractivity contribution in [1.82, 2.24) is 30.2 Å². The van der Waals surface area contributed by atoms with Crippen LogP contribution in [0.4, 0.5) is 30.7 Å². The fourth-order valence-corrected chi connectivity index (χ4v) is 4.12. The van der Waals surface area contributed by atoms with Gasteiger partial charge in [-0.25, -0.2) is 14.4 Å². The summed E-state index contributed by atoms with van der Waals surface area (Å²) >= 11 is 0. The molecule has 0 radical (unpaired) electrons. The third kappa shape index (κ3) is 5.47. The van der Waals surface area contributed by atoms with E-state index in [-0.39, 0.29) is 41.1 Å². The van der Waals surface area contributed by atoms with Gasteiger partial charge in [-0.1, -0.05) is 23.4 Å².